The van der Waals surface area contributed by atoms with E-state index in [4.69, 9.17) is 0 Å². The molecule has 0 heterocycles. The van der Waals surface area contributed by atoms with Crippen molar-refractivity contribution < 1.29 is 0 Å². The fourth-order valence-electron chi connectivity index (χ4n) is 1.12. The predicted octanol–water partition coefficient (Wildman–Crippen LogP) is 3.97. The Labute approximate surface area is 85.1 Å². The summed E-state index contributed by atoms with van der Waals surface area (Å²) in [5, 5.41) is 0.692. The molecule has 0 aliphatic carbocycles. The maximum atomic E-state index is 3.81. The molecule has 0 aromatic heterocycles. The number of hydrogen-bond acceptors (Lipinski definition) is 1. The molecular weight excluding hydrogens is 176 g/mol. The molecule has 0 aliphatic heterocycles. The minimum atomic E-state index is 0.692. The van der Waals surface area contributed by atoms with Crippen molar-refractivity contribution in [1.82, 2.24) is 0 Å². The van der Waals surface area contributed by atoms with Crippen molar-refractivity contribution >= 4 is 17.8 Å². The molecule has 0 amide bonds. The number of rotatable bonds is 4. The van der Waals surface area contributed by atoms with Gasteiger partial charge in [-0.05, 0) is 16.4 Å². The van der Waals surface area contributed by atoms with Crippen molar-refractivity contribution in [3.8, 4) is 0 Å². The van der Waals surface area contributed by atoms with Crippen molar-refractivity contribution in [3.05, 3.63) is 42.0 Å². The van der Waals surface area contributed by atoms with Crippen molar-refractivity contribution in [3.63, 3.8) is 0 Å². The minimum absolute atomic E-state index is 0.692. The minimum Gasteiger partial charge on any atom is -0.154 e. The number of benzene rings is 1. The van der Waals surface area contributed by atoms with Gasteiger partial charge in [0.05, 0.1) is 0 Å². The van der Waals surface area contributed by atoms with Crippen LogP contribution in [0.5, 0.6) is 0 Å². The topological polar surface area (TPSA) is 0 Å². The number of hydrogen-bond donors (Lipinski definition) is 0. The van der Waals surface area contributed by atoms with Crippen molar-refractivity contribution in [1.29, 1.82) is 0 Å². The van der Waals surface area contributed by atoms with Gasteiger partial charge in [-0.1, -0.05) is 50.8 Å². The quantitative estimate of drug-likeness (QED) is 0.695. The Morgan fingerprint density at radius 1 is 1.38 bits per heavy atom. The van der Waals surface area contributed by atoms with E-state index in [-0.39, 0.29) is 0 Å². The average molecular weight is 192 g/mol. The first-order valence-electron chi connectivity index (χ1n) is 4.56. The van der Waals surface area contributed by atoms with Crippen LogP contribution in [-0.2, 0) is 5.75 Å². The van der Waals surface area contributed by atoms with E-state index >= 15 is 0 Å². The summed E-state index contributed by atoms with van der Waals surface area (Å²) in [7, 11) is 0. The van der Waals surface area contributed by atoms with Gasteiger partial charge >= 0.3 is 0 Å². The van der Waals surface area contributed by atoms with E-state index in [0.29, 0.717) is 5.25 Å². The Morgan fingerprint density at radius 2 is 2.08 bits per heavy atom. The molecule has 0 nitrogen and oxygen atoms in total. The summed E-state index contributed by atoms with van der Waals surface area (Å²) in [4.78, 5) is 0. The molecule has 0 radical (unpaired) electrons. The zero-order valence-corrected chi connectivity index (χ0v) is 9.10. The standard InChI is InChI=1S/C12H16S/c1-4-11-7-5-6-8-12(11)9-13-10(2)3/h4-8,10H,1,9H2,2-3H3. The van der Waals surface area contributed by atoms with Crippen molar-refractivity contribution in [2.75, 3.05) is 0 Å². The molecule has 0 spiro atoms. The molecule has 0 saturated carbocycles. The van der Waals surface area contributed by atoms with Crippen LogP contribution in [0.1, 0.15) is 25.0 Å². The van der Waals surface area contributed by atoms with E-state index in [1.54, 1.807) is 0 Å². The Kier molecular flexibility index (Phi) is 4.10. The molecule has 0 fully saturated rings. The van der Waals surface area contributed by atoms with Crippen LogP contribution in [0.4, 0.5) is 0 Å². The number of thioether (sulfide) groups is 1. The first-order chi connectivity index (χ1) is 6.24. The monoisotopic (exact) mass is 192 g/mol. The van der Waals surface area contributed by atoms with E-state index in [9.17, 15) is 0 Å². The summed E-state index contributed by atoms with van der Waals surface area (Å²) in [5.41, 5.74) is 2.65. The van der Waals surface area contributed by atoms with Crippen LogP contribution in [0.15, 0.2) is 30.8 Å². The second kappa shape index (κ2) is 5.13. The molecule has 1 rings (SSSR count). The van der Waals surface area contributed by atoms with Gasteiger partial charge in [0.25, 0.3) is 0 Å². The zero-order valence-electron chi connectivity index (χ0n) is 8.29. The Balaban J connectivity index is 2.69. The highest BCUT2D eigenvalue weighted by atomic mass is 32.2. The zero-order chi connectivity index (χ0) is 9.68. The predicted molar refractivity (Wildman–Crippen MR) is 63.0 cm³/mol. The van der Waals surface area contributed by atoms with Gasteiger partial charge in [0.15, 0.2) is 0 Å². The molecule has 70 valence electrons. The molecule has 13 heavy (non-hydrogen) atoms. The van der Waals surface area contributed by atoms with Crippen LogP contribution in [0.25, 0.3) is 6.08 Å². The molecule has 1 aromatic carbocycles. The third kappa shape index (κ3) is 3.27. The summed E-state index contributed by atoms with van der Waals surface area (Å²) in [6.07, 6.45) is 1.93. The lowest BCUT2D eigenvalue weighted by Crippen LogP contribution is -1.91. The van der Waals surface area contributed by atoms with Crippen LogP contribution in [0.3, 0.4) is 0 Å². The summed E-state index contributed by atoms with van der Waals surface area (Å²) in [6.45, 7) is 8.26. The summed E-state index contributed by atoms with van der Waals surface area (Å²) in [6, 6.07) is 8.43. The third-order valence-electron chi connectivity index (χ3n) is 1.85. The lowest BCUT2D eigenvalue weighted by molar-refractivity contribution is 1.11. The first-order valence-corrected chi connectivity index (χ1v) is 5.61. The highest BCUT2D eigenvalue weighted by Crippen LogP contribution is 2.20. The van der Waals surface area contributed by atoms with Gasteiger partial charge in [0.2, 0.25) is 0 Å². The van der Waals surface area contributed by atoms with Crippen molar-refractivity contribution in [2.45, 2.75) is 24.9 Å². The Hall–Kier alpha value is -0.690. The molecule has 0 bridgehead atoms. The average Bonchev–Trinajstić information content (AvgIpc) is 2.15. The third-order valence-corrected chi connectivity index (χ3v) is 2.99. The fourth-order valence-corrected chi connectivity index (χ4v) is 1.90. The first kappa shape index (κ1) is 10.4. The molecule has 0 unspecified atom stereocenters. The largest absolute Gasteiger partial charge is 0.154 e. The van der Waals surface area contributed by atoms with Crippen LogP contribution in [0.2, 0.25) is 0 Å². The van der Waals surface area contributed by atoms with Gasteiger partial charge in [-0.15, -0.1) is 0 Å². The lowest BCUT2D eigenvalue weighted by Gasteiger charge is -2.07. The van der Waals surface area contributed by atoms with Crippen LogP contribution >= 0.6 is 11.8 Å². The van der Waals surface area contributed by atoms with Crippen LogP contribution in [0, 0.1) is 0 Å². The molecule has 1 aromatic rings. The fraction of sp³-hybridized carbons (Fsp3) is 0.333. The molecule has 0 aliphatic rings. The summed E-state index contributed by atoms with van der Waals surface area (Å²) in [5.74, 6) is 1.08. The van der Waals surface area contributed by atoms with E-state index in [1.165, 1.54) is 11.1 Å². The second-order valence-corrected chi connectivity index (χ2v) is 4.83. The smallest absolute Gasteiger partial charge is 0.0193 e. The SMILES string of the molecule is C=Cc1ccccc1CSC(C)C. The van der Waals surface area contributed by atoms with E-state index in [0.717, 1.165) is 5.75 Å². The highest BCUT2D eigenvalue weighted by molar-refractivity contribution is 7.99. The normalized spacial score (nSPS) is 10.4. The van der Waals surface area contributed by atoms with Gasteiger partial charge in [-0.2, -0.15) is 11.8 Å². The second-order valence-electron chi connectivity index (χ2n) is 3.26. The molecule has 0 atom stereocenters. The van der Waals surface area contributed by atoms with E-state index < -0.39 is 0 Å². The van der Waals surface area contributed by atoms with Gasteiger partial charge < -0.3 is 0 Å². The maximum Gasteiger partial charge on any atom is 0.0193 e. The van der Waals surface area contributed by atoms with Gasteiger partial charge in [0.1, 0.15) is 0 Å². The molecule has 1 heteroatoms. The van der Waals surface area contributed by atoms with E-state index in [1.807, 2.05) is 17.8 Å². The van der Waals surface area contributed by atoms with Gasteiger partial charge in [-0.25, -0.2) is 0 Å². The lowest BCUT2D eigenvalue weighted by atomic mass is 10.1. The van der Waals surface area contributed by atoms with Gasteiger partial charge in [-0.3, -0.25) is 0 Å². The maximum absolute atomic E-state index is 3.81. The summed E-state index contributed by atoms with van der Waals surface area (Å²) >= 11 is 1.97. The molecule has 0 saturated heterocycles. The van der Waals surface area contributed by atoms with Crippen molar-refractivity contribution in [2.24, 2.45) is 0 Å². The van der Waals surface area contributed by atoms with E-state index in [2.05, 4.69) is 44.7 Å². The molecular formula is C12H16S. The van der Waals surface area contributed by atoms with Crippen LogP contribution < -0.4 is 0 Å². The Morgan fingerprint density at radius 3 is 2.69 bits per heavy atom. The van der Waals surface area contributed by atoms with Crippen LogP contribution in [-0.4, -0.2) is 5.25 Å². The summed E-state index contributed by atoms with van der Waals surface area (Å²) < 4.78 is 0. The Bertz CT molecular complexity index is 276. The highest BCUT2D eigenvalue weighted by Gasteiger charge is 1.99. The van der Waals surface area contributed by atoms with Gasteiger partial charge in [0, 0.05) is 5.75 Å². The molecule has 0 N–H and O–H groups in total.